The number of benzene rings is 1. The molecule has 1 aromatic heterocycles. The number of hydrogen-bond acceptors (Lipinski definition) is 4. The van der Waals surface area contributed by atoms with Gasteiger partial charge in [-0.1, -0.05) is 32.0 Å². The first-order chi connectivity index (χ1) is 11.0. The first-order valence-electron chi connectivity index (χ1n) is 7.25. The predicted octanol–water partition coefficient (Wildman–Crippen LogP) is 3.03. The zero-order chi connectivity index (χ0) is 17.6. The maximum atomic E-state index is 12.4. The van der Waals surface area contributed by atoms with Crippen molar-refractivity contribution in [2.45, 2.75) is 13.8 Å². The Bertz CT molecular complexity index is 681. The first-order valence-corrected chi connectivity index (χ1v) is 7.25. The number of anilines is 1. The fourth-order valence-electron chi connectivity index (χ4n) is 2.10. The van der Waals surface area contributed by atoms with Gasteiger partial charge >= 0.3 is 6.09 Å². The molecule has 0 saturated carbocycles. The van der Waals surface area contributed by atoms with Crippen LogP contribution in [0.3, 0.4) is 0 Å². The zero-order valence-corrected chi connectivity index (χ0v) is 14.3. The Morgan fingerprint density at radius 3 is 2.26 bits per heavy atom. The van der Waals surface area contributed by atoms with Gasteiger partial charge in [0.2, 0.25) is 0 Å². The van der Waals surface area contributed by atoms with E-state index in [4.69, 9.17) is 9.57 Å². The highest BCUT2D eigenvalue weighted by Gasteiger charge is 2.26. The van der Waals surface area contributed by atoms with Crippen LogP contribution in [-0.4, -0.2) is 50.4 Å². The highest BCUT2D eigenvalue weighted by molar-refractivity contribution is 6.11. The third-order valence-corrected chi connectivity index (χ3v) is 3.24. The second-order valence-electron chi connectivity index (χ2n) is 4.41. The van der Waals surface area contributed by atoms with Crippen LogP contribution in [0.1, 0.15) is 24.3 Å². The monoisotopic (exact) mass is 321 g/mol. The molecule has 7 nitrogen and oxygen atoms in total. The summed E-state index contributed by atoms with van der Waals surface area (Å²) >= 11 is 0. The SMILES string of the molecule is CC.COC(=O)N(C)c1c(C(=O)N(C)OC)[nH]c2ccccc12. The molecule has 1 N–H and O–H groups in total. The van der Waals surface area contributed by atoms with E-state index < -0.39 is 6.09 Å². The number of methoxy groups -OCH3 is 1. The number of nitrogens with zero attached hydrogens (tertiary/aromatic N) is 2. The topological polar surface area (TPSA) is 74.9 Å². The van der Waals surface area contributed by atoms with Gasteiger partial charge in [-0.2, -0.15) is 0 Å². The Morgan fingerprint density at radius 1 is 1.09 bits per heavy atom. The fraction of sp³-hybridized carbons (Fsp3) is 0.375. The van der Waals surface area contributed by atoms with Gasteiger partial charge in [-0.3, -0.25) is 14.5 Å². The number of carbonyl (C=O) groups is 2. The van der Waals surface area contributed by atoms with Gasteiger partial charge in [-0.15, -0.1) is 0 Å². The molecule has 0 bridgehead atoms. The van der Waals surface area contributed by atoms with E-state index in [1.807, 2.05) is 38.1 Å². The van der Waals surface area contributed by atoms with E-state index in [9.17, 15) is 9.59 Å². The quantitative estimate of drug-likeness (QED) is 0.882. The lowest BCUT2D eigenvalue weighted by Crippen LogP contribution is -2.31. The molecule has 0 spiro atoms. The molecular weight excluding hydrogens is 298 g/mol. The van der Waals surface area contributed by atoms with Crippen LogP contribution in [0.25, 0.3) is 10.9 Å². The van der Waals surface area contributed by atoms with Crippen molar-refractivity contribution in [2.75, 3.05) is 33.2 Å². The average Bonchev–Trinajstić information content (AvgIpc) is 3.00. The van der Waals surface area contributed by atoms with Gasteiger partial charge in [0.15, 0.2) is 0 Å². The summed E-state index contributed by atoms with van der Waals surface area (Å²) in [6.45, 7) is 4.00. The second kappa shape index (κ2) is 8.19. The van der Waals surface area contributed by atoms with E-state index in [2.05, 4.69) is 4.98 Å². The lowest BCUT2D eigenvalue weighted by Gasteiger charge is -2.19. The number of hydroxylamine groups is 2. The minimum Gasteiger partial charge on any atom is -0.452 e. The third-order valence-electron chi connectivity index (χ3n) is 3.24. The van der Waals surface area contributed by atoms with Gasteiger partial charge in [0.05, 0.1) is 19.9 Å². The highest BCUT2D eigenvalue weighted by Crippen LogP contribution is 2.31. The van der Waals surface area contributed by atoms with Gasteiger partial charge in [0, 0.05) is 25.0 Å². The number of aromatic amines is 1. The van der Waals surface area contributed by atoms with Crippen molar-refractivity contribution in [3.63, 3.8) is 0 Å². The van der Waals surface area contributed by atoms with E-state index in [-0.39, 0.29) is 11.6 Å². The van der Waals surface area contributed by atoms with Gasteiger partial charge in [0.1, 0.15) is 5.69 Å². The molecule has 0 atom stereocenters. The molecular formula is C16H23N3O4. The predicted molar refractivity (Wildman–Crippen MR) is 89.6 cm³/mol. The maximum Gasteiger partial charge on any atom is 0.413 e. The minimum absolute atomic E-state index is 0.258. The summed E-state index contributed by atoms with van der Waals surface area (Å²) in [7, 11) is 5.72. The Labute approximate surface area is 135 Å². The van der Waals surface area contributed by atoms with Crippen LogP contribution in [0.4, 0.5) is 10.5 Å². The molecule has 0 unspecified atom stereocenters. The van der Waals surface area contributed by atoms with Gasteiger partial charge in [-0.05, 0) is 6.07 Å². The molecule has 0 radical (unpaired) electrons. The molecule has 2 aromatic rings. The Balaban J connectivity index is 0.00000127. The first kappa shape index (κ1) is 18.5. The number of amides is 2. The van der Waals surface area contributed by atoms with Crippen LogP contribution in [0, 0.1) is 0 Å². The van der Waals surface area contributed by atoms with E-state index >= 15 is 0 Å². The Morgan fingerprint density at radius 2 is 1.70 bits per heavy atom. The van der Waals surface area contributed by atoms with Crippen LogP contribution < -0.4 is 4.90 Å². The second-order valence-corrected chi connectivity index (χ2v) is 4.41. The number of carbonyl (C=O) groups excluding carboxylic acids is 2. The van der Waals surface area contributed by atoms with Crippen molar-refractivity contribution in [3.8, 4) is 0 Å². The number of fused-ring (bicyclic) bond motifs is 1. The van der Waals surface area contributed by atoms with E-state index in [1.165, 1.54) is 26.2 Å². The molecule has 2 amide bonds. The smallest absolute Gasteiger partial charge is 0.413 e. The highest BCUT2D eigenvalue weighted by atomic mass is 16.7. The molecule has 1 aromatic carbocycles. The van der Waals surface area contributed by atoms with Crippen LogP contribution in [0.15, 0.2) is 24.3 Å². The van der Waals surface area contributed by atoms with Crippen molar-refractivity contribution in [1.29, 1.82) is 0 Å². The van der Waals surface area contributed by atoms with E-state index in [1.54, 1.807) is 7.05 Å². The minimum atomic E-state index is -0.561. The number of hydrogen-bond donors (Lipinski definition) is 1. The Hall–Kier alpha value is -2.54. The van der Waals surface area contributed by atoms with Crippen molar-refractivity contribution < 1.29 is 19.2 Å². The standard InChI is InChI=1S/C14H17N3O4.C2H6/c1-16(14(19)20-3)12-9-7-5-6-8-10(9)15-11(12)13(18)17(2)21-4;1-2/h5-8,15H,1-4H3;1-2H3. The maximum absolute atomic E-state index is 12.4. The molecule has 2 rings (SSSR count). The van der Waals surface area contributed by atoms with Gasteiger partial charge in [-0.25, -0.2) is 9.86 Å². The molecule has 0 aliphatic carbocycles. The van der Waals surface area contributed by atoms with Crippen LogP contribution in [0.5, 0.6) is 0 Å². The number of ether oxygens (including phenoxy) is 1. The fourth-order valence-corrected chi connectivity index (χ4v) is 2.10. The van der Waals surface area contributed by atoms with Crippen LogP contribution in [0.2, 0.25) is 0 Å². The summed E-state index contributed by atoms with van der Waals surface area (Å²) in [6.07, 6.45) is -0.561. The number of nitrogens with one attached hydrogen (secondary N) is 1. The van der Waals surface area contributed by atoms with Crippen LogP contribution in [-0.2, 0) is 9.57 Å². The molecule has 0 aliphatic rings. The van der Waals surface area contributed by atoms with Crippen molar-refractivity contribution in [1.82, 2.24) is 10.0 Å². The summed E-state index contributed by atoms with van der Waals surface area (Å²) in [5.41, 5.74) is 1.45. The normalized spacial score (nSPS) is 9.83. The lowest BCUT2D eigenvalue weighted by atomic mass is 10.2. The Kier molecular flexibility index (Phi) is 6.59. The van der Waals surface area contributed by atoms with E-state index in [0.717, 1.165) is 16.0 Å². The van der Waals surface area contributed by atoms with Crippen molar-refractivity contribution in [2.24, 2.45) is 0 Å². The summed E-state index contributed by atoms with van der Waals surface area (Å²) in [5.74, 6) is -0.389. The molecule has 126 valence electrons. The van der Waals surface area contributed by atoms with Crippen molar-refractivity contribution >= 4 is 28.6 Å². The molecule has 23 heavy (non-hydrogen) atoms. The summed E-state index contributed by atoms with van der Waals surface area (Å²) in [5, 5.41) is 1.83. The number of aromatic nitrogens is 1. The summed E-state index contributed by atoms with van der Waals surface area (Å²) in [6, 6.07) is 7.33. The average molecular weight is 321 g/mol. The third kappa shape index (κ3) is 3.62. The van der Waals surface area contributed by atoms with Crippen LogP contribution >= 0.6 is 0 Å². The van der Waals surface area contributed by atoms with E-state index in [0.29, 0.717) is 5.69 Å². The molecule has 0 aliphatic heterocycles. The number of para-hydroxylation sites is 1. The number of H-pyrrole nitrogens is 1. The summed E-state index contributed by atoms with van der Waals surface area (Å²) in [4.78, 5) is 33.4. The molecule has 0 saturated heterocycles. The number of rotatable bonds is 3. The summed E-state index contributed by atoms with van der Waals surface area (Å²) < 4.78 is 4.72. The molecule has 1 heterocycles. The zero-order valence-electron chi connectivity index (χ0n) is 14.3. The van der Waals surface area contributed by atoms with Crippen molar-refractivity contribution in [3.05, 3.63) is 30.0 Å². The molecule has 0 fully saturated rings. The largest absolute Gasteiger partial charge is 0.452 e. The molecule has 7 heteroatoms. The lowest BCUT2D eigenvalue weighted by molar-refractivity contribution is -0.0759. The van der Waals surface area contributed by atoms with Gasteiger partial charge in [0.25, 0.3) is 5.91 Å². The van der Waals surface area contributed by atoms with Gasteiger partial charge < -0.3 is 9.72 Å².